The summed E-state index contributed by atoms with van der Waals surface area (Å²) in [6, 6.07) is 0. The molecule has 0 aliphatic carbocycles. The summed E-state index contributed by atoms with van der Waals surface area (Å²) in [5.74, 6) is 0.755. The van der Waals surface area contributed by atoms with Gasteiger partial charge in [-0.15, -0.1) is 0 Å². The van der Waals surface area contributed by atoms with Crippen LogP contribution in [-0.4, -0.2) is 33.9 Å². The van der Waals surface area contributed by atoms with Crippen LogP contribution in [0.3, 0.4) is 0 Å². The van der Waals surface area contributed by atoms with Gasteiger partial charge in [0.25, 0.3) is 5.91 Å². The van der Waals surface area contributed by atoms with E-state index in [9.17, 15) is 4.79 Å². The molecular weight excluding hydrogens is 178 g/mol. The Hall–Kier alpha value is -1.45. The molecule has 1 saturated heterocycles. The highest BCUT2D eigenvalue weighted by atomic mass is 16.2. The lowest BCUT2D eigenvalue weighted by atomic mass is 10.3. The second-order valence-electron chi connectivity index (χ2n) is 3.52. The molecule has 0 spiro atoms. The van der Waals surface area contributed by atoms with Crippen molar-refractivity contribution in [3.8, 4) is 0 Å². The van der Waals surface area contributed by atoms with Crippen molar-refractivity contribution in [2.45, 2.75) is 19.8 Å². The molecule has 1 fully saturated rings. The maximum Gasteiger partial charge on any atom is 0.256 e. The van der Waals surface area contributed by atoms with Crippen molar-refractivity contribution in [1.82, 2.24) is 14.9 Å². The van der Waals surface area contributed by atoms with Gasteiger partial charge in [0.15, 0.2) is 0 Å². The third kappa shape index (κ3) is 1.73. The van der Waals surface area contributed by atoms with Crippen molar-refractivity contribution in [3.63, 3.8) is 0 Å². The highest BCUT2D eigenvalue weighted by Gasteiger charge is 2.19. The van der Waals surface area contributed by atoms with Gasteiger partial charge in [-0.3, -0.25) is 4.79 Å². The van der Waals surface area contributed by atoms with Crippen LogP contribution in [0.5, 0.6) is 0 Å². The van der Waals surface area contributed by atoms with E-state index in [0.717, 1.165) is 25.9 Å². The monoisotopic (exact) mass is 191 g/mol. The number of amides is 1. The maximum atomic E-state index is 11.8. The number of aromatic nitrogens is 2. The molecule has 0 atom stereocenters. The van der Waals surface area contributed by atoms with Gasteiger partial charge in [0.2, 0.25) is 0 Å². The van der Waals surface area contributed by atoms with Gasteiger partial charge in [-0.05, 0) is 19.8 Å². The lowest BCUT2D eigenvalue weighted by Gasteiger charge is -2.14. The summed E-state index contributed by atoms with van der Waals surface area (Å²) in [5.41, 5.74) is 0.595. The van der Waals surface area contributed by atoms with Crippen molar-refractivity contribution in [2.24, 2.45) is 0 Å². The Morgan fingerprint density at radius 1 is 1.29 bits per heavy atom. The lowest BCUT2D eigenvalue weighted by Crippen LogP contribution is -2.27. The van der Waals surface area contributed by atoms with Crippen molar-refractivity contribution < 1.29 is 4.79 Å². The van der Waals surface area contributed by atoms with Crippen LogP contribution >= 0.6 is 0 Å². The van der Waals surface area contributed by atoms with Crippen molar-refractivity contribution >= 4 is 5.91 Å². The number of likely N-dealkylation sites (tertiary alicyclic amines) is 1. The molecule has 4 nitrogen and oxygen atoms in total. The van der Waals surface area contributed by atoms with Gasteiger partial charge in [0.1, 0.15) is 5.82 Å². The summed E-state index contributed by atoms with van der Waals surface area (Å²) in [5, 5.41) is 0. The first-order chi connectivity index (χ1) is 6.77. The molecule has 74 valence electrons. The minimum absolute atomic E-state index is 0.0579. The zero-order valence-electron chi connectivity index (χ0n) is 8.23. The van der Waals surface area contributed by atoms with Crippen molar-refractivity contribution in [1.29, 1.82) is 0 Å². The smallest absolute Gasteiger partial charge is 0.256 e. The average molecular weight is 191 g/mol. The number of aryl methyl sites for hydroxylation is 1. The molecule has 0 radical (unpaired) electrons. The first-order valence-electron chi connectivity index (χ1n) is 4.85. The molecule has 1 aliphatic heterocycles. The molecular formula is C10H13N3O. The van der Waals surface area contributed by atoms with E-state index in [1.165, 1.54) is 0 Å². The van der Waals surface area contributed by atoms with Crippen LogP contribution in [0.15, 0.2) is 12.4 Å². The van der Waals surface area contributed by atoms with Crippen molar-refractivity contribution in [2.75, 3.05) is 13.1 Å². The molecule has 1 aliphatic rings. The van der Waals surface area contributed by atoms with Crippen LogP contribution in [0.2, 0.25) is 0 Å². The minimum atomic E-state index is 0.0579. The molecule has 14 heavy (non-hydrogen) atoms. The summed E-state index contributed by atoms with van der Waals surface area (Å²) < 4.78 is 0. The van der Waals surface area contributed by atoms with Crippen LogP contribution < -0.4 is 0 Å². The van der Waals surface area contributed by atoms with Crippen LogP contribution in [0.1, 0.15) is 29.0 Å². The zero-order chi connectivity index (χ0) is 9.97. The molecule has 2 heterocycles. The maximum absolute atomic E-state index is 11.8. The van der Waals surface area contributed by atoms with E-state index in [2.05, 4.69) is 9.97 Å². The molecule has 0 N–H and O–H groups in total. The molecule has 4 heteroatoms. The molecule has 1 amide bonds. The zero-order valence-corrected chi connectivity index (χ0v) is 8.23. The second kappa shape index (κ2) is 3.74. The summed E-state index contributed by atoms with van der Waals surface area (Å²) in [4.78, 5) is 21.7. The normalized spacial score (nSPS) is 15.9. The van der Waals surface area contributed by atoms with E-state index in [0.29, 0.717) is 11.4 Å². The highest BCUT2D eigenvalue weighted by Crippen LogP contribution is 2.11. The van der Waals surface area contributed by atoms with Gasteiger partial charge in [-0.25, -0.2) is 9.97 Å². The minimum Gasteiger partial charge on any atom is -0.339 e. The van der Waals surface area contributed by atoms with Gasteiger partial charge >= 0.3 is 0 Å². The fourth-order valence-electron chi connectivity index (χ4n) is 1.61. The summed E-state index contributed by atoms with van der Waals surface area (Å²) in [7, 11) is 0. The third-order valence-electron chi connectivity index (χ3n) is 2.42. The molecule has 0 saturated carbocycles. The molecule has 2 rings (SSSR count). The Morgan fingerprint density at radius 2 is 1.86 bits per heavy atom. The number of nitrogens with zero attached hydrogens (tertiary/aromatic N) is 3. The van der Waals surface area contributed by atoms with E-state index in [1.54, 1.807) is 12.4 Å². The fourth-order valence-corrected chi connectivity index (χ4v) is 1.61. The Labute approximate surface area is 83.0 Å². The van der Waals surface area contributed by atoms with Gasteiger partial charge in [-0.2, -0.15) is 0 Å². The number of carbonyl (C=O) groups is 1. The van der Waals surface area contributed by atoms with Gasteiger partial charge in [-0.1, -0.05) is 0 Å². The quantitative estimate of drug-likeness (QED) is 0.665. The predicted octanol–water partition coefficient (Wildman–Crippen LogP) is 1.02. The van der Waals surface area contributed by atoms with E-state index >= 15 is 0 Å². The largest absolute Gasteiger partial charge is 0.339 e. The van der Waals surface area contributed by atoms with E-state index in [1.807, 2.05) is 11.8 Å². The lowest BCUT2D eigenvalue weighted by molar-refractivity contribution is 0.0792. The number of hydrogen-bond donors (Lipinski definition) is 0. The highest BCUT2D eigenvalue weighted by molar-refractivity contribution is 5.93. The Morgan fingerprint density at radius 3 is 2.43 bits per heavy atom. The first kappa shape index (κ1) is 9.12. The number of rotatable bonds is 1. The van der Waals surface area contributed by atoms with E-state index in [-0.39, 0.29) is 5.91 Å². The molecule has 0 bridgehead atoms. The molecule has 0 unspecified atom stereocenters. The fraction of sp³-hybridized carbons (Fsp3) is 0.500. The van der Waals surface area contributed by atoms with E-state index in [4.69, 9.17) is 0 Å². The molecule has 0 aromatic carbocycles. The van der Waals surface area contributed by atoms with Crippen LogP contribution in [0, 0.1) is 6.92 Å². The second-order valence-corrected chi connectivity index (χ2v) is 3.52. The van der Waals surface area contributed by atoms with Gasteiger partial charge in [0.05, 0.1) is 5.56 Å². The standard InChI is InChI=1S/C10H13N3O/c1-8-11-6-9(7-12-8)10(14)13-4-2-3-5-13/h6-7H,2-5H2,1H3. The van der Waals surface area contributed by atoms with Crippen LogP contribution in [0.4, 0.5) is 0 Å². The number of carbonyl (C=O) groups excluding carboxylic acids is 1. The number of hydrogen-bond acceptors (Lipinski definition) is 3. The Bertz CT molecular complexity index is 328. The van der Waals surface area contributed by atoms with Gasteiger partial charge in [0, 0.05) is 25.5 Å². The van der Waals surface area contributed by atoms with Crippen LogP contribution in [-0.2, 0) is 0 Å². The topological polar surface area (TPSA) is 46.1 Å². The van der Waals surface area contributed by atoms with Crippen molar-refractivity contribution in [3.05, 3.63) is 23.8 Å². The first-order valence-corrected chi connectivity index (χ1v) is 4.85. The van der Waals surface area contributed by atoms with Crippen LogP contribution in [0.25, 0.3) is 0 Å². The summed E-state index contributed by atoms with van der Waals surface area (Å²) >= 11 is 0. The third-order valence-corrected chi connectivity index (χ3v) is 2.42. The molecule has 1 aromatic heterocycles. The SMILES string of the molecule is Cc1ncc(C(=O)N2CCCC2)cn1. The Balaban J connectivity index is 2.14. The average Bonchev–Trinajstić information content (AvgIpc) is 2.71. The van der Waals surface area contributed by atoms with E-state index < -0.39 is 0 Å². The van der Waals surface area contributed by atoms with Gasteiger partial charge < -0.3 is 4.90 Å². The summed E-state index contributed by atoms with van der Waals surface area (Å²) in [6.07, 6.45) is 5.42. The Kier molecular flexibility index (Phi) is 2.43. The predicted molar refractivity (Wildman–Crippen MR) is 51.9 cm³/mol. The molecule has 1 aromatic rings. The summed E-state index contributed by atoms with van der Waals surface area (Å²) in [6.45, 7) is 3.55.